The van der Waals surface area contributed by atoms with Crippen molar-refractivity contribution in [1.29, 1.82) is 0 Å². The number of nitrogens with zero attached hydrogens (tertiary/aromatic N) is 6. The lowest BCUT2D eigenvalue weighted by Crippen LogP contribution is -2.31. The van der Waals surface area contributed by atoms with Crippen molar-refractivity contribution < 1.29 is 0 Å². The van der Waals surface area contributed by atoms with Crippen LogP contribution in [0.2, 0.25) is 5.02 Å². The van der Waals surface area contributed by atoms with Gasteiger partial charge in [-0.15, -0.1) is 0 Å². The summed E-state index contributed by atoms with van der Waals surface area (Å²) >= 11 is 6.01. The van der Waals surface area contributed by atoms with Crippen molar-refractivity contribution >= 4 is 23.5 Å². The van der Waals surface area contributed by atoms with E-state index in [1.54, 1.807) is 6.20 Å². The topological polar surface area (TPSA) is 85.8 Å². The van der Waals surface area contributed by atoms with Gasteiger partial charge in [0.1, 0.15) is 0 Å². The molecule has 1 saturated heterocycles. The number of hydrogen-bond acceptors (Lipinski definition) is 6. The van der Waals surface area contributed by atoms with Crippen LogP contribution >= 0.6 is 11.6 Å². The summed E-state index contributed by atoms with van der Waals surface area (Å²) in [6.45, 7) is 3.72. The van der Waals surface area contributed by atoms with Crippen molar-refractivity contribution in [3.63, 3.8) is 0 Å². The van der Waals surface area contributed by atoms with E-state index in [0.29, 0.717) is 16.9 Å². The van der Waals surface area contributed by atoms with Crippen LogP contribution in [0.3, 0.4) is 0 Å². The Balaban J connectivity index is 1.97. The molecule has 106 valence electrons. The van der Waals surface area contributed by atoms with E-state index in [-0.39, 0.29) is 5.95 Å². The van der Waals surface area contributed by atoms with E-state index >= 15 is 0 Å². The van der Waals surface area contributed by atoms with Gasteiger partial charge in [0, 0.05) is 13.1 Å². The fourth-order valence-electron chi connectivity index (χ4n) is 2.25. The largest absolute Gasteiger partial charge is 0.368 e. The molecule has 1 aliphatic heterocycles. The van der Waals surface area contributed by atoms with Gasteiger partial charge >= 0.3 is 0 Å². The molecule has 0 amide bonds. The maximum atomic E-state index is 6.01. The van der Waals surface area contributed by atoms with Gasteiger partial charge in [-0.1, -0.05) is 11.6 Å². The molecule has 0 spiro atoms. The zero-order chi connectivity index (χ0) is 14.1. The average Bonchev–Trinajstić information content (AvgIpc) is 2.79. The summed E-state index contributed by atoms with van der Waals surface area (Å²) in [4.78, 5) is 14.9. The van der Waals surface area contributed by atoms with Crippen LogP contribution in [0.4, 0.5) is 11.9 Å². The quantitative estimate of drug-likeness (QED) is 0.905. The molecule has 0 atom stereocenters. The van der Waals surface area contributed by atoms with Crippen molar-refractivity contribution in [2.45, 2.75) is 26.2 Å². The van der Waals surface area contributed by atoms with Crippen LogP contribution in [0.5, 0.6) is 0 Å². The third kappa shape index (κ3) is 2.53. The minimum Gasteiger partial charge on any atom is -0.368 e. The maximum absolute atomic E-state index is 6.01. The molecule has 0 saturated carbocycles. The number of piperidine rings is 1. The van der Waals surface area contributed by atoms with Gasteiger partial charge in [-0.25, -0.2) is 4.68 Å². The van der Waals surface area contributed by atoms with Crippen molar-refractivity contribution in [2.24, 2.45) is 0 Å². The van der Waals surface area contributed by atoms with Crippen LogP contribution in [-0.4, -0.2) is 37.8 Å². The Morgan fingerprint density at radius 2 is 1.80 bits per heavy atom. The highest BCUT2D eigenvalue weighted by Gasteiger charge is 2.16. The van der Waals surface area contributed by atoms with E-state index in [9.17, 15) is 0 Å². The minimum absolute atomic E-state index is 0.194. The molecule has 2 aromatic heterocycles. The lowest BCUT2D eigenvalue weighted by molar-refractivity contribution is 0.566. The Bertz CT molecular complexity index is 599. The lowest BCUT2D eigenvalue weighted by atomic mass is 10.1. The Hall–Kier alpha value is -1.89. The Labute approximate surface area is 121 Å². The molecule has 1 fully saturated rings. The van der Waals surface area contributed by atoms with Gasteiger partial charge in [-0.05, 0) is 26.2 Å². The molecule has 2 N–H and O–H groups in total. The summed E-state index contributed by atoms with van der Waals surface area (Å²) in [6, 6.07) is 0. The number of nitrogen functional groups attached to an aromatic ring is 1. The first-order valence-electron chi connectivity index (χ1n) is 6.62. The fraction of sp³-hybridized carbons (Fsp3) is 0.500. The summed E-state index contributed by atoms with van der Waals surface area (Å²) < 4.78 is 1.53. The zero-order valence-corrected chi connectivity index (χ0v) is 12.0. The van der Waals surface area contributed by atoms with Gasteiger partial charge in [-0.2, -0.15) is 20.1 Å². The molecular formula is C12H16ClN7. The molecule has 3 heterocycles. The first-order valence-corrected chi connectivity index (χ1v) is 7.00. The summed E-state index contributed by atoms with van der Waals surface area (Å²) in [5.41, 5.74) is 6.51. The highest BCUT2D eigenvalue weighted by atomic mass is 35.5. The van der Waals surface area contributed by atoms with E-state index in [0.717, 1.165) is 31.6 Å². The number of aryl methyl sites for hydroxylation is 1. The third-order valence-electron chi connectivity index (χ3n) is 3.31. The molecule has 8 heteroatoms. The predicted molar refractivity (Wildman–Crippen MR) is 77.2 cm³/mol. The maximum Gasteiger partial charge on any atom is 0.257 e. The van der Waals surface area contributed by atoms with Crippen molar-refractivity contribution in [1.82, 2.24) is 24.7 Å². The van der Waals surface area contributed by atoms with Gasteiger partial charge in [0.25, 0.3) is 5.95 Å². The van der Waals surface area contributed by atoms with E-state index < -0.39 is 0 Å². The molecule has 3 rings (SSSR count). The van der Waals surface area contributed by atoms with Gasteiger partial charge in [0.15, 0.2) is 0 Å². The molecule has 7 nitrogen and oxygen atoms in total. The summed E-state index contributed by atoms with van der Waals surface area (Å²) in [5.74, 6) is 1.20. The highest BCUT2D eigenvalue weighted by Crippen LogP contribution is 2.19. The fourth-order valence-corrected chi connectivity index (χ4v) is 2.38. The first-order chi connectivity index (χ1) is 9.63. The molecule has 0 bridgehead atoms. The Morgan fingerprint density at radius 1 is 1.10 bits per heavy atom. The van der Waals surface area contributed by atoms with Gasteiger partial charge in [-0.3, -0.25) is 0 Å². The molecule has 0 aliphatic carbocycles. The smallest absolute Gasteiger partial charge is 0.257 e. The van der Waals surface area contributed by atoms with E-state index in [2.05, 4.69) is 25.0 Å². The third-order valence-corrected chi connectivity index (χ3v) is 3.68. The average molecular weight is 294 g/mol. The predicted octanol–water partition coefficient (Wildman–Crippen LogP) is 1.59. The Kier molecular flexibility index (Phi) is 3.43. The first kappa shape index (κ1) is 13.1. The number of hydrogen-bond donors (Lipinski definition) is 1. The minimum atomic E-state index is 0.194. The monoisotopic (exact) mass is 293 g/mol. The van der Waals surface area contributed by atoms with Crippen molar-refractivity contribution in [3.8, 4) is 5.95 Å². The second-order valence-electron chi connectivity index (χ2n) is 4.85. The number of halogens is 1. The van der Waals surface area contributed by atoms with Crippen LogP contribution < -0.4 is 10.6 Å². The van der Waals surface area contributed by atoms with Gasteiger partial charge < -0.3 is 10.6 Å². The second-order valence-corrected chi connectivity index (χ2v) is 5.26. The van der Waals surface area contributed by atoms with Crippen LogP contribution in [0.25, 0.3) is 5.95 Å². The van der Waals surface area contributed by atoms with E-state index in [4.69, 9.17) is 17.3 Å². The summed E-state index contributed by atoms with van der Waals surface area (Å²) in [5, 5.41) is 4.84. The van der Waals surface area contributed by atoms with Crippen LogP contribution in [0.15, 0.2) is 6.20 Å². The number of aromatic nitrogens is 5. The normalized spacial score (nSPS) is 15.6. The number of nitrogens with two attached hydrogens (primary N) is 1. The summed E-state index contributed by atoms with van der Waals surface area (Å²) in [6.07, 6.45) is 5.21. The van der Waals surface area contributed by atoms with E-state index in [1.807, 2.05) is 6.92 Å². The van der Waals surface area contributed by atoms with E-state index in [1.165, 1.54) is 11.1 Å². The molecule has 2 aromatic rings. The Morgan fingerprint density at radius 3 is 2.45 bits per heavy atom. The second kappa shape index (κ2) is 5.24. The van der Waals surface area contributed by atoms with Crippen LogP contribution in [0.1, 0.15) is 25.0 Å². The lowest BCUT2D eigenvalue weighted by Gasteiger charge is -2.26. The van der Waals surface area contributed by atoms with Crippen LogP contribution in [0, 0.1) is 6.92 Å². The highest BCUT2D eigenvalue weighted by molar-refractivity contribution is 6.31. The van der Waals surface area contributed by atoms with Crippen LogP contribution in [-0.2, 0) is 0 Å². The molecule has 0 aromatic carbocycles. The summed E-state index contributed by atoms with van der Waals surface area (Å²) in [7, 11) is 0. The molecule has 0 unspecified atom stereocenters. The molecule has 0 radical (unpaired) electrons. The number of anilines is 2. The SMILES string of the molecule is Cc1nn(-c2nc(N)nc(N3CCCCC3)n2)cc1Cl. The molecule has 20 heavy (non-hydrogen) atoms. The standard InChI is InChI=1S/C12H16ClN7/c1-8-9(13)7-20(18-8)12-16-10(14)15-11(17-12)19-5-3-2-4-6-19/h7H,2-6H2,1H3,(H2,14,15,16,17). The van der Waals surface area contributed by atoms with Gasteiger partial charge in [0.05, 0.1) is 16.9 Å². The van der Waals surface area contributed by atoms with Crippen molar-refractivity contribution in [3.05, 3.63) is 16.9 Å². The van der Waals surface area contributed by atoms with Crippen molar-refractivity contribution in [2.75, 3.05) is 23.7 Å². The molecule has 1 aliphatic rings. The molecular weight excluding hydrogens is 278 g/mol. The van der Waals surface area contributed by atoms with Gasteiger partial charge in [0.2, 0.25) is 11.9 Å². The number of rotatable bonds is 2. The zero-order valence-electron chi connectivity index (χ0n) is 11.3.